The molecule has 39 heavy (non-hydrogen) atoms. The summed E-state index contributed by atoms with van der Waals surface area (Å²) in [6.07, 6.45) is -0.292. The number of hydrogen-bond acceptors (Lipinski definition) is 11. The van der Waals surface area contributed by atoms with E-state index in [1.807, 2.05) is 0 Å². The molecule has 0 aromatic heterocycles. The molecular weight excluding hydrogens is 512 g/mol. The van der Waals surface area contributed by atoms with Crippen molar-refractivity contribution in [3.8, 4) is 0 Å². The van der Waals surface area contributed by atoms with E-state index >= 15 is 0 Å². The molecule has 11 nitrogen and oxygen atoms in total. The highest BCUT2D eigenvalue weighted by Gasteiger charge is 2.13. The van der Waals surface area contributed by atoms with E-state index in [4.69, 9.17) is 23.7 Å². The quantitative estimate of drug-likeness (QED) is 0.158. The average Bonchev–Trinajstić information content (AvgIpc) is 2.91. The lowest BCUT2D eigenvalue weighted by Gasteiger charge is -2.12. The van der Waals surface area contributed by atoms with Crippen molar-refractivity contribution in [2.24, 2.45) is 0 Å². The second kappa shape index (κ2) is 18.2. The number of benzene rings is 2. The Morgan fingerprint density at radius 3 is 1.41 bits per heavy atom. The highest BCUT2D eigenvalue weighted by molar-refractivity contribution is 5.96. The molecule has 0 saturated heterocycles. The standard InChI is InChI=1S/C15H18O7.C13H16O4/c1-11(16)20-9-10-22-15(18)13-5-3-12(4-6-13)14(17)21-8-7-19-2;1-9(8-16-3)17-13(15)12-6-4-11(5-7-12)10(2)14/h3-6H,7-10H2,1-2H3;4-7,9H,8H2,1-3H3. The summed E-state index contributed by atoms with van der Waals surface area (Å²) < 4.78 is 29.3. The SMILES string of the molecule is COCC(C)OC(=O)c1ccc(C(C)=O)cc1.COCCOC(=O)c1ccc(C(=O)OCCOC(C)=O)cc1. The summed E-state index contributed by atoms with van der Waals surface area (Å²) in [4.78, 5) is 56.6. The number of ketones is 1. The molecule has 0 aliphatic rings. The van der Waals surface area contributed by atoms with Crippen molar-refractivity contribution in [2.45, 2.75) is 26.9 Å². The van der Waals surface area contributed by atoms with Gasteiger partial charge in [-0.05, 0) is 50.2 Å². The van der Waals surface area contributed by atoms with Crippen LogP contribution in [0.2, 0.25) is 0 Å². The number of carbonyl (C=O) groups excluding carboxylic acids is 5. The lowest BCUT2D eigenvalue weighted by atomic mass is 10.1. The Hall–Kier alpha value is -4.09. The number of methoxy groups -OCH3 is 2. The molecule has 0 N–H and O–H groups in total. The van der Waals surface area contributed by atoms with E-state index in [1.54, 1.807) is 38.3 Å². The lowest BCUT2D eigenvalue weighted by Crippen LogP contribution is -2.19. The van der Waals surface area contributed by atoms with E-state index < -0.39 is 23.9 Å². The van der Waals surface area contributed by atoms with Crippen LogP contribution < -0.4 is 0 Å². The number of rotatable bonds is 13. The van der Waals surface area contributed by atoms with Gasteiger partial charge in [-0.25, -0.2) is 14.4 Å². The van der Waals surface area contributed by atoms with Gasteiger partial charge < -0.3 is 28.4 Å². The van der Waals surface area contributed by atoms with Crippen LogP contribution in [0.1, 0.15) is 62.2 Å². The minimum absolute atomic E-state index is 0.00494. The smallest absolute Gasteiger partial charge is 0.338 e. The molecular formula is C28H34O11. The Kier molecular flexibility index (Phi) is 15.4. The highest BCUT2D eigenvalue weighted by atomic mass is 16.6. The van der Waals surface area contributed by atoms with Crippen LogP contribution in [0, 0.1) is 0 Å². The Morgan fingerprint density at radius 1 is 0.590 bits per heavy atom. The van der Waals surface area contributed by atoms with Crippen LogP contribution in [0.3, 0.4) is 0 Å². The first kappa shape index (κ1) is 32.9. The molecule has 0 saturated carbocycles. The van der Waals surface area contributed by atoms with Gasteiger partial charge in [0, 0.05) is 26.7 Å². The number of ether oxygens (including phenoxy) is 6. The summed E-state index contributed by atoms with van der Waals surface area (Å²) in [5, 5.41) is 0. The summed E-state index contributed by atoms with van der Waals surface area (Å²) in [7, 11) is 3.06. The Morgan fingerprint density at radius 2 is 1.00 bits per heavy atom. The first-order valence-electron chi connectivity index (χ1n) is 12.0. The zero-order valence-electron chi connectivity index (χ0n) is 22.7. The second-order valence-electron chi connectivity index (χ2n) is 7.99. The molecule has 11 heteroatoms. The molecule has 0 aliphatic carbocycles. The number of carbonyl (C=O) groups is 5. The zero-order chi connectivity index (χ0) is 29.2. The molecule has 0 aliphatic heterocycles. The minimum atomic E-state index is -0.563. The third-order valence-corrected chi connectivity index (χ3v) is 4.74. The molecule has 0 bridgehead atoms. The van der Waals surface area contributed by atoms with Crippen LogP contribution in [0.15, 0.2) is 48.5 Å². The van der Waals surface area contributed by atoms with Gasteiger partial charge in [-0.2, -0.15) is 0 Å². The van der Waals surface area contributed by atoms with Crippen molar-refractivity contribution in [1.82, 2.24) is 0 Å². The maximum absolute atomic E-state index is 11.7. The van der Waals surface area contributed by atoms with Gasteiger partial charge in [-0.1, -0.05) is 12.1 Å². The van der Waals surface area contributed by atoms with Gasteiger partial charge >= 0.3 is 23.9 Å². The van der Waals surface area contributed by atoms with Crippen LogP contribution in [0.5, 0.6) is 0 Å². The van der Waals surface area contributed by atoms with Gasteiger partial charge in [0.2, 0.25) is 0 Å². The van der Waals surface area contributed by atoms with Crippen molar-refractivity contribution in [3.63, 3.8) is 0 Å². The summed E-state index contributed by atoms with van der Waals surface area (Å²) in [6.45, 7) is 5.32. The predicted octanol–water partition coefficient (Wildman–Crippen LogP) is 3.29. The average molecular weight is 547 g/mol. The number of hydrogen-bond donors (Lipinski definition) is 0. The largest absolute Gasteiger partial charge is 0.462 e. The maximum atomic E-state index is 11.7. The summed E-state index contributed by atoms with van der Waals surface area (Å²) >= 11 is 0. The lowest BCUT2D eigenvalue weighted by molar-refractivity contribution is -0.142. The second-order valence-corrected chi connectivity index (χ2v) is 7.99. The fourth-order valence-electron chi connectivity index (χ4n) is 2.81. The third-order valence-electron chi connectivity index (χ3n) is 4.74. The van der Waals surface area contributed by atoms with Crippen LogP contribution in [-0.4, -0.2) is 83.0 Å². The van der Waals surface area contributed by atoms with Gasteiger partial charge in [0.05, 0.1) is 29.9 Å². The Bertz CT molecular complexity index is 1080. The first-order valence-corrected chi connectivity index (χ1v) is 12.0. The van der Waals surface area contributed by atoms with Gasteiger partial charge in [-0.15, -0.1) is 0 Å². The van der Waals surface area contributed by atoms with Gasteiger partial charge in [0.1, 0.15) is 25.9 Å². The zero-order valence-corrected chi connectivity index (χ0v) is 22.7. The van der Waals surface area contributed by atoms with Crippen LogP contribution in [-0.2, 0) is 33.2 Å². The van der Waals surface area contributed by atoms with E-state index in [2.05, 4.69) is 4.74 Å². The molecule has 0 spiro atoms. The fraction of sp³-hybridized carbons (Fsp3) is 0.393. The minimum Gasteiger partial charge on any atom is -0.462 e. The van der Waals surface area contributed by atoms with E-state index in [9.17, 15) is 24.0 Å². The molecule has 212 valence electrons. The van der Waals surface area contributed by atoms with E-state index in [-0.39, 0.29) is 37.3 Å². The molecule has 2 aromatic carbocycles. The molecule has 1 unspecified atom stereocenters. The monoisotopic (exact) mass is 546 g/mol. The summed E-state index contributed by atoms with van der Waals surface area (Å²) in [6, 6.07) is 12.2. The van der Waals surface area contributed by atoms with Crippen molar-refractivity contribution in [1.29, 1.82) is 0 Å². The van der Waals surface area contributed by atoms with E-state index in [0.717, 1.165) is 0 Å². The summed E-state index contributed by atoms with van der Waals surface area (Å²) in [5.41, 5.74) is 1.62. The van der Waals surface area contributed by atoms with Gasteiger partial charge in [0.25, 0.3) is 0 Å². The topological polar surface area (TPSA) is 141 Å². The van der Waals surface area contributed by atoms with Crippen LogP contribution >= 0.6 is 0 Å². The Labute approximate surface area is 227 Å². The van der Waals surface area contributed by atoms with Gasteiger partial charge in [-0.3, -0.25) is 9.59 Å². The molecule has 1 atom stereocenters. The maximum Gasteiger partial charge on any atom is 0.338 e. The van der Waals surface area contributed by atoms with Crippen molar-refractivity contribution in [2.75, 3.05) is 47.3 Å². The first-order chi connectivity index (χ1) is 18.6. The normalized spacial score (nSPS) is 10.8. The number of esters is 4. The van der Waals surface area contributed by atoms with Crippen LogP contribution in [0.25, 0.3) is 0 Å². The van der Waals surface area contributed by atoms with Crippen molar-refractivity contribution in [3.05, 3.63) is 70.8 Å². The van der Waals surface area contributed by atoms with Crippen LogP contribution in [0.4, 0.5) is 0 Å². The van der Waals surface area contributed by atoms with Crippen molar-refractivity contribution >= 4 is 29.7 Å². The van der Waals surface area contributed by atoms with Gasteiger partial charge in [0.15, 0.2) is 5.78 Å². The molecule has 0 fully saturated rings. The molecule has 0 heterocycles. The third kappa shape index (κ3) is 13.3. The summed E-state index contributed by atoms with van der Waals surface area (Å²) in [5.74, 6) is -1.94. The predicted molar refractivity (Wildman–Crippen MR) is 139 cm³/mol. The van der Waals surface area contributed by atoms with E-state index in [1.165, 1.54) is 45.2 Å². The van der Waals surface area contributed by atoms with Crippen molar-refractivity contribution < 1.29 is 52.4 Å². The number of Topliss-reactive ketones (excluding diaryl/α,β-unsaturated/α-hetero) is 1. The Balaban J connectivity index is 0.000000403. The molecule has 0 radical (unpaired) electrons. The molecule has 2 rings (SSSR count). The molecule has 0 amide bonds. The highest BCUT2D eigenvalue weighted by Crippen LogP contribution is 2.09. The molecule has 2 aromatic rings. The van der Waals surface area contributed by atoms with E-state index in [0.29, 0.717) is 29.9 Å². The fourth-order valence-corrected chi connectivity index (χ4v) is 2.81.